The number of Topliss-reactive ketones (excluding diaryl/α,β-unsaturated/α-hetero) is 1. The lowest BCUT2D eigenvalue weighted by molar-refractivity contribution is 0.0992. The molecule has 0 aliphatic carbocycles. The van der Waals surface area contributed by atoms with Crippen LogP contribution in [0.4, 0.5) is 0 Å². The van der Waals surface area contributed by atoms with Crippen LogP contribution in [0.15, 0.2) is 36.5 Å². The SMILES string of the molecule is Cn1cc(CC(=O)c2ccccc2)nn1. The van der Waals surface area contributed by atoms with E-state index in [0.717, 1.165) is 0 Å². The zero-order valence-corrected chi connectivity index (χ0v) is 8.42. The lowest BCUT2D eigenvalue weighted by Gasteiger charge is -1.96. The van der Waals surface area contributed by atoms with E-state index in [1.807, 2.05) is 18.2 Å². The van der Waals surface area contributed by atoms with E-state index in [1.54, 1.807) is 30.1 Å². The zero-order chi connectivity index (χ0) is 10.7. The highest BCUT2D eigenvalue weighted by Crippen LogP contribution is 2.04. The molecular formula is C11H11N3O. The molecule has 2 rings (SSSR count). The minimum Gasteiger partial charge on any atom is -0.294 e. The molecule has 0 saturated heterocycles. The van der Waals surface area contributed by atoms with Crippen molar-refractivity contribution in [1.29, 1.82) is 0 Å². The Morgan fingerprint density at radius 1 is 1.33 bits per heavy atom. The van der Waals surface area contributed by atoms with E-state index in [2.05, 4.69) is 10.3 Å². The van der Waals surface area contributed by atoms with Gasteiger partial charge in [-0.2, -0.15) is 0 Å². The molecule has 0 N–H and O–H groups in total. The van der Waals surface area contributed by atoms with Crippen molar-refractivity contribution in [3.63, 3.8) is 0 Å². The van der Waals surface area contributed by atoms with Crippen LogP contribution in [-0.2, 0) is 13.5 Å². The molecule has 1 heterocycles. The van der Waals surface area contributed by atoms with Gasteiger partial charge in [-0.1, -0.05) is 35.5 Å². The molecule has 15 heavy (non-hydrogen) atoms. The van der Waals surface area contributed by atoms with Crippen molar-refractivity contribution in [1.82, 2.24) is 15.0 Å². The summed E-state index contributed by atoms with van der Waals surface area (Å²) in [4.78, 5) is 11.7. The summed E-state index contributed by atoms with van der Waals surface area (Å²) in [5, 5.41) is 7.65. The molecule has 0 atom stereocenters. The number of aryl methyl sites for hydroxylation is 1. The van der Waals surface area contributed by atoms with E-state index in [9.17, 15) is 4.79 Å². The summed E-state index contributed by atoms with van der Waals surface area (Å²) in [5.74, 6) is 0.0658. The maximum Gasteiger partial charge on any atom is 0.168 e. The first-order chi connectivity index (χ1) is 7.25. The molecule has 0 bridgehead atoms. The number of carbonyl (C=O) groups is 1. The van der Waals surface area contributed by atoms with Crippen LogP contribution in [0.5, 0.6) is 0 Å². The summed E-state index contributed by atoms with van der Waals surface area (Å²) in [6.07, 6.45) is 2.05. The third kappa shape index (κ3) is 2.28. The van der Waals surface area contributed by atoms with Crippen LogP contribution in [0, 0.1) is 0 Å². The van der Waals surface area contributed by atoms with Gasteiger partial charge in [0.2, 0.25) is 0 Å². The highest BCUT2D eigenvalue weighted by molar-refractivity contribution is 5.97. The fourth-order valence-electron chi connectivity index (χ4n) is 1.37. The first kappa shape index (κ1) is 9.58. The second-order valence-corrected chi connectivity index (χ2v) is 3.35. The average Bonchev–Trinajstić information content (AvgIpc) is 2.65. The van der Waals surface area contributed by atoms with Gasteiger partial charge in [-0.05, 0) is 0 Å². The van der Waals surface area contributed by atoms with Crippen LogP contribution in [0.3, 0.4) is 0 Å². The minimum absolute atomic E-state index is 0.0658. The van der Waals surface area contributed by atoms with E-state index in [4.69, 9.17) is 0 Å². The molecule has 4 heteroatoms. The standard InChI is InChI=1S/C11H11N3O/c1-14-8-10(12-13-14)7-11(15)9-5-3-2-4-6-9/h2-6,8H,7H2,1H3. The summed E-state index contributed by atoms with van der Waals surface area (Å²) in [6.45, 7) is 0. The number of ketones is 1. The molecule has 0 fully saturated rings. The van der Waals surface area contributed by atoms with Gasteiger partial charge in [-0.3, -0.25) is 9.48 Å². The first-order valence-electron chi connectivity index (χ1n) is 4.69. The number of benzene rings is 1. The van der Waals surface area contributed by atoms with Crippen molar-refractivity contribution in [2.75, 3.05) is 0 Å². The number of rotatable bonds is 3. The van der Waals surface area contributed by atoms with Crippen molar-refractivity contribution in [3.8, 4) is 0 Å². The van der Waals surface area contributed by atoms with Gasteiger partial charge in [-0.25, -0.2) is 0 Å². The molecule has 4 nitrogen and oxygen atoms in total. The van der Waals surface area contributed by atoms with Gasteiger partial charge >= 0.3 is 0 Å². The summed E-state index contributed by atoms with van der Waals surface area (Å²) in [6, 6.07) is 9.20. The Hall–Kier alpha value is -1.97. The predicted molar refractivity (Wildman–Crippen MR) is 55.5 cm³/mol. The van der Waals surface area contributed by atoms with Crippen molar-refractivity contribution < 1.29 is 4.79 Å². The molecular weight excluding hydrogens is 190 g/mol. The lowest BCUT2D eigenvalue weighted by Crippen LogP contribution is -2.03. The molecule has 0 unspecified atom stereocenters. The summed E-state index contributed by atoms with van der Waals surface area (Å²) >= 11 is 0. The third-order valence-electron chi connectivity index (χ3n) is 2.09. The smallest absolute Gasteiger partial charge is 0.168 e. The predicted octanol–water partition coefficient (Wildman–Crippen LogP) is 1.24. The maximum atomic E-state index is 11.7. The van der Waals surface area contributed by atoms with Crippen LogP contribution >= 0.6 is 0 Å². The molecule has 0 saturated carbocycles. The van der Waals surface area contributed by atoms with Crippen molar-refractivity contribution >= 4 is 5.78 Å². The van der Waals surface area contributed by atoms with E-state index in [0.29, 0.717) is 17.7 Å². The van der Waals surface area contributed by atoms with E-state index in [-0.39, 0.29) is 5.78 Å². The fraction of sp³-hybridized carbons (Fsp3) is 0.182. The van der Waals surface area contributed by atoms with Gasteiger partial charge < -0.3 is 0 Å². The summed E-state index contributed by atoms with van der Waals surface area (Å²) in [5.41, 5.74) is 1.41. The second-order valence-electron chi connectivity index (χ2n) is 3.35. The van der Waals surface area contributed by atoms with Gasteiger partial charge in [0.1, 0.15) is 0 Å². The number of aromatic nitrogens is 3. The monoisotopic (exact) mass is 201 g/mol. The molecule has 0 amide bonds. The minimum atomic E-state index is 0.0658. The van der Waals surface area contributed by atoms with Gasteiger partial charge in [0.05, 0.1) is 12.1 Å². The second kappa shape index (κ2) is 4.04. The van der Waals surface area contributed by atoms with E-state index < -0.39 is 0 Å². The molecule has 2 aromatic rings. The highest BCUT2D eigenvalue weighted by atomic mass is 16.1. The number of hydrogen-bond acceptors (Lipinski definition) is 3. The summed E-state index contributed by atoms with van der Waals surface area (Å²) < 4.78 is 1.59. The largest absolute Gasteiger partial charge is 0.294 e. The van der Waals surface area contributed by atoms with Gasteiger partial charge in [0.15, 0.2) is 5.78 Å². The molecule has 0 radical (unpaired) electrons. The van der Waals surface area contributed by atoms with Gasteiger partial charge in [-0.15, -0.1) is 5.10 Å². The van der Waals surface area contributed by atoms with E-state index >= 15 is 0 Å². The van der Waals surface area contributed by atoms with Crippen LogP contribution in [0.1, 0.15) is 16.1 Å². The molecule has 0 spiro atoms. The van der Waals surface area contributed by atoms with Crippen LogP contribution in [-0.4, -0.2) is 20.8 Å². The first-order valence-corrected chi connectivity index (χ1v) is 4.69. The number of carbonyl (C=O) groups excluding carboxylic acids is 1. The normalized spacial score (nSPS) is 10.2. The fourth-order valence-corrected chi connectivity index (χ4v) is 1.37. The Kier molecular flexibility index (Phi) is 2.58. The van der Waals surface area contributed by atoms with Crippen LogP contribution in [0.2, 0.25) is 0 Å². The van der Waals surface area contributed by atoms with Crippen LogP contribution in [0.25, 0.3) is 0 Å². The van der Waals surface area contributed by atoms with Crippen molar-refractivity contribution in [2.24, 2.45) is 7.05 Å². The Balaban J connectivity index is 2.11. The topological polar surface area (TPSA) is 47.8 Å². The zero-order valence-electron chi connectivity index (χ0n) is 8.42. The molecule has 0 aliphatic rings. The van der Waals surface area contributed by atoms with Gasteiger partial charge in [0.25, 0.3) is 0 Å². The maximum absolute atomic E-state index is 11.7. The van der Waals surface area contributed by atoms with E-state index in [1.165, 1.54) is 0 Å². The third-order valence-corrected chi connectivity index (χ3v) is 2.09. The van der Waals surface area contributed by atoms with Crippen molar-refractivity contribution in [2.45, 2.75) is 6.42 Å². The Morgan fingerprint density at radius 3 is 2.67 bits per heavy atom. The number of nitrogens with zero attached hydrogens (tertiary/aromatic N) is 3. The lowest BCUT2D eigenvalue weighted by atomic mass is 10.1. The molecule has 1 aromatic carbocycles. The average molecular weight is 201 g/mol. The van der Waals surface area contributed by atoms with Gasteiger partial charge in [0, 0.05) is 18.8 Å². The Bertz CT molecular complexity index is 462. The Morgan fingerprint density at radius 2 is 2.07 bits per heavy atom. The number of hydrogen-bond donors (Lipinski definition) is 0. The van der Waals surface area contributed by atoms with Crippen LogP contribution < -0.4 is 0 Å². The quantitative estimate of drug-likeness (QED) is 0.702. The Labute approximate surface area is 87.5 Å². The highest BCUT2D eigenvalue weighted by Gasteiger charge is 2.08. The molecule has 76 valence electrons. The molecule has 1 aromatic heterocycles. The summed E-state index contributed by atoms with van der Waals surface area (Å²) in [7, 11) is 1.78. The van der Waals surface area contributed by atoms with Crippen molar-refractivity contribution in [3.05, 3.63) is 47.8 Å². The molecule has 0 aliphatic heterocycles.